The molecule has 21 heavy (non-hydrogen) atoms. The van der Waals surface area contributed by atoms with E-state index in [0.29, 0.717) is 24.9 Å². The molecule has 2 heterocycles. The molecule has 6 heteroatoms. The van der Waals surface area contributed by atoms with E-state index in [-0.39, 0.29) is 5.69 Å². The van der Waals surface area contributed by atoms with Gasteiger partial charge >= 0.3 is 12.0 Å². The van der Waals surface area contributed by atoms with Crippen molar-refractivity contribution >= 4 is 12.2 Å². The molecule has 6 nitrogen and oxygen atoms in total. The maximum absolute atomic E-state index is 12.1. The molecule has 1 aromatic heterocycles. The second-order valence-corrected chi connectivity index (χ2v) is 4.48. The zero-order chi connectivity index (χ0) is 14.8. The third kappa shape index (κ3) is 2.18. The number of rotatable bonds is 3. The van der Waals surface area contributed by atoms with Gasteiger partial charge in [-0.15, -0.1) is 0 Å². The number of aromatic nitrogens is 2. The van der Waals surface area contributed by atoms with Gasteiger partial charge in [0.2, 0.25) is 0 Å². The third-order valence-corrected chi connectivity index (χ3v) is 3.24. The van der Waals surface area contributed by atoms with Crippen LogP contribution in [-0.4, -0.2) is 35.5 Å². The third-order valence-electron chi connectivity index (χ3n) is 3.24. The predicted octanol–water partition coefficient (Wildman–Crippen LogP) is 1.99. The Kier molecular flexibility index (Phi) is 3.43. The van der Waals surface area contributed by atoms with Gasteiger partial charge in [0.05, 0.1) is 31.6 Å². The van der Waals surface area contributed by atoms with Crippen LogP contribution in [0.15, 0.2) is 29.3 Å². The van der Waals surface area contributed by atoms with Crippen LogP contribution < -0.4 is 4.74 Å². The summed E-state index contributed by atoms with van der Waals surface area (Å²) in [6.07, 6.45) is 1.79. The molecule has 1 aliphatic rings. The first-order valence-electron chi connectivity index (χ1n) is 6.68. The molecule has 3 rings (SSSR count). The first-order valence-corrected chi connectivity index (χ1v) is 6.68. The molecule has 0 unspecified atom stereocenters. The topological polar surface area (TPSA) is 65.7 Å². The number of para-hydroxylation sites is 1. The van der Waals surface area contributed by atoms with Gasteiger partial charge in [0.15, 0.2) is 5.69 Å². The minimum Gasteiger partial charge on any atom is -0.468 e. The highest BCUT2D eigenvalue weighted by Crippen LogP contribution is 2.28. The molecule has 2 aromatic rings. The number of aliphatic imine (C=N–C) groups is 1. The molecule has 108 valence electrons. The smallest absolute Gasteiger partial charge is 0.359 e. The summed E-state index contributed by atoms with van der Waals surface area (Å²) in [7, 11) is 1.53. The summed E-state index contributed by atoms with van der Waals surface area (Å²) in [4.78, 5) is 20.7. The van der Waals surface area contributed by atoms with Crippen LogP contribution in [0.1, 0.15) is 28.7 Å². The molecule has 0 bridgehead atoms. The summed E-state index contributed by atoms with van der Waals surface area (Å²) in [5.41, 5.74) is 2.75. The maximum Gasteiger partial charge on any atom is 0.359 e. The standard InChI is InChI=1S/C15H15N3O3/c1-3-21-14(19)13-12-9-16-8-10-6-4-5-7-11(10)18(12)15(17-13)20-2/h4-8H,3,9H2,1-2H3. The van der Waals surface area contributed by atoms with Gasteiger partial charge < -0.3 is 9.47 Å². The first-order chi connectivity index (χ1) is 10.3. The summed E-state index contributed by atoms with van der Waals surface area (Å²) in [6.45, 7) is 2.41. The highest BCUT2D eigenvalue weighted by Gasteiger charge is 2.26. The van der Waals surface area contributed by atoms with Gasteiger partial charge in [-0.05, 0) is 13.0 Å². The first kappa shape index (κ1) is 13.4. The van der Waals surface area contributed by atoms with Gasteiger partial charge in [-0.1, -0.05) is 18.2 Å². The van der Waals surface area contributed by atoms with E-state index in [1.807, 2.05) is 28.8 Å². The lowest BCUT2D eigenvalue weighted by atomic mass is 10.2. The van der Waals surface area contributed by atoms with E-state index in [4.69, 9.17) is 9.47 Å². The Morgan fingerprint density at radius 3 is 2.95 bits per heavy atom. The second kappa shape index (κ2) is 5.40. The molecule has 0 atom stereocenters. The van der Waals surface area contributed by atoms with Gasteiger partial charge in [-0.25, -0.2) is 4.79 Å². The summed E-state index contributed by atoms with van der Waals surface area (Å²) in [5, 5.41) is 0. The monoisotopic (exact) mass is 285 g/mol. The fourth-order valence-electron chi connectivity index (χ4n) is 2.36. The summed E-state index contributed by atoms with van der Waals surface area (Å²) in [6, 6.07) is 8.11. The van der Waals surface area contributed by atoms with Crippen LogP contribution in [0.25, 0.3) is 5.69 Å². The lowest BCUT2D eigenvalue weighted by Crippen LogP contribution is -2.09. The maximum atomic E-state index is 12.1. The molecular weight excluding hydrogens is 270 g/mol. The number of imidazole rings is 1. The molecule has 0 N–H and O–H groups in total. The van der Waals surface area contributed by atoms with Crippen LogP contribution >= 0.6 is 0 Å². The van der Waals surface area contributed by atoms with Crippen molar-refractivity contribution in [2.75, 3.05) is 13.7 Å². The van der Waals surface area contributed by atoms with Gasteiger partial charge in [-0.3, -0.25) is 9.56 Å². The number of carbonyl (C=O) groups excluding carboxylic acids is 1. The summed E-state index contributed by atoms with van der Waals surface area (Å²) < 4.78 is 12.2. The molecule has 0 saturated heterocycles. The lowest BCUT2D eigenvalue weighted by Gasteiger charge is -2.10. The number of fused-ring (bicyclic) bond motifs is 3. The average molecular weight is 285 g/mol. The van der Waals surface area contributed by atoms with Crippen molar-refractivity contribution in [2.45, 2.75) is 13.5 Å². The van der Waals surface area contributed by atoms with Gasteiger partial charge in [0.25, 0.3) is 0 Å². The summed E-state index contributed by atoms with van der Waals surface area (Å²) >= 11 is 0. The number of ether oxygens (including phenoxy) is 2. The molecule has 0 radical (unpaired) electrons. The Morgan fingerprint density at radius 2 is 2.19 bits per heavy atom. The van der Waals surface area contributed by atoms with Gasteiger partial charge in [0.1, 0.15) is 0 Å². The number of carbonyl (C=O) groups is 1. The highest BCUT2D eigenvalue weighted by atomic mass is 16.5. The van der Waals surface area contributed by atoms with E-state index in [1.165, 1.54) is 7.11 Å². The normalized spacial score (nSPS) is 12.3. The number of nitrogens with zero attached hydrogens (tertiary/aromatic N) is 3. The van der Waals surface area contributed by atoms with Crippen LogP contribution in [0, 0.1) is 0 Å². The van der Waals surface area contributed by atoms with E-state index in [9.17, 15) is 4.79 Å². The van der Waals surface area contributed by atoms with E-state index in [0.717, 1.165) is 11.3 Å². The molecule has 0 spiro atoms. The molecule has 0 amide bonds. The molecule has 0 saturated carbocycles. The van der Waals surface area contributed by atoms with Crippen molar-refractivity contribution in [3.05, 3.63) is 41.2 Å². The number of hydrogen-bond donors (Lipinski definition) is 0. The Balaban J connectivity index is 2.23. The van der Waals surface area contributed by atoms with Crippen LogP contribution in [-0.2, 0) is 11.3 Å². The second-order valence-electron chi connectivity index (χ2n) is 4.48. The Bertz CT molecular complexity index is 719. The van der Waals surface area contributed by atoms with Crippen molar-refractivity contribution in [1.82, 2.24) is 9.55 Å². The van der Waals surface area contributed by atoms with Gasteiger partial charge in [0, 0.05) is 11.8 Å². The van der Waals surface area contributed by atoms with Crippen LogP contribution in [0.3, 0.4) is 0 Å². The minimum atomic E-state index is -0.459. The van der Waals surface area contributed by atoms with Crippen LogP contribution in [0.2, 0.25) is 0 Å². The quantitative estimate of drug-likeness (QED) is 0.809. The SMILES string of the molecule is CCOC(=O)c1nc(OC)n2c1CN=Cc1ccccc1-2. The number of benzene rings is 1. The lowest BCUT2D eigenvalue weighted by molar-refractivity contribution is 0.0518. The van der Waals surface area contributed by atoms with Crippen molar-refractivity contribution in [3.63, 3.8) is 0 Å². The van der Waals surface area contributed by atoms with E-state index in [2.05, 4.69) is 9.98 Å². The zero-order valence-corrected chi connectivity index (χ0v) is 11.9. The average Bonchev–Trinajstić information content (AvgIpc) is 2.76. The number of methoxy groups -OCH3 is 1. The van der Waals surface area contributed by atoms with Crippen LogP contribution in [0.5, 0.6) is 6.01 Å². The molecule has 1 aliphatic heterocycles. The van der Waals surface area contributed by atoms with Crippen molar-refractivity contribution in [1.29, 1.82) is 0 Å². The summed E-state index contributed by atoms with van der Waals surface area (Å²) in [5.74, 6) is -0.459. The predicted molar refractivity (Wildman–Crippen MR) is 77.4 cm³/mol. The van der Waals surface area contributed by atoms with E-state index in [1.54, 1.807) is 13.1 Å². The molecule has 0 aliphatic carbocycles. The van der Waals surface area contributed by atoms with Gasteiger partial charge in [-0.2, -0.15) is 4.98 Å². The largest absolute Gasteiger partial charge is 0.468 e. The fraction of sp³-hybridized carbons (Fsp3) is 0.267. The number of esters is 1. The van der Waals surface area contributed by atoms with E-state index < -0.39 is 5.97 Å². The minimum absolute atomic E-state index is 0.252. The Hall–Kier alpha value is -2.63. The van der Waals surface area contributed by atoms with E-state index >= 15 is 0 Å². The fourth-order valence-corrected chi connectivity index (χ4v) is 2.36. The number of hydrogen-bond acceptors (Lipinski definition) is 5. The molecule has 0 fully saturated rings. The molecular formula is C15H15N3O3. The molecule has 1 aromatic carbocycles. The highest BCUT2D eigenvalue weighted by molar-refractivity contribution is 5.91. The van der Waals surface area contributed by atoms with Crippen molar-refractivity contribution < 1.29 is 14.3 Å². The van der Waals surface area contributed by atoms with Crippen molar-refractivity contribution in [3.8, 4) is 11.7 Å². The van der Waals surface area contributed by atoms with Crippen LogP contribution in [0.4, 0.5) is 0 Å². The Labute approximate surface area is 122 Å². The zero-order valence-electron chi connectivity index (χ0n) is 11.9. The van der Waals surface area contributed by atoms with Crippen molar-refractivity contribution in [2.24, 2.45) is 4.99 Å². The Morgan fingerprint density at radius 1 is 1.38 bits per heavy atom.